The Morgan fingerprint density at radius 3 is 0.765 bits per heavy atom. The summed E-state index contributed by atoms with van der Waals surface area (Å²) in [5.74, 6) is 0. The summed E-state index contributed by atoms with van der Waals surface area (Å²) in [7, 11) is 0. The summed E-state index contributed by atoms with van der Waals surface area (Å²) in [6.45, 7) is 4.58. The Hall–Kier alpha value is 1.57. The second-order valence-electron chi connectivity index (χ2n) is 5.24. The summed E-state index contributed by atoms with van der Waals surface area (Å²) in [4.78, 5) is 0. The van der Waals surface area contributed by atoms with Crippen LogP contribution in [0.4, 0.5) is 0 Å². The summed E-state index contributed by atoms with van der Waals surface area (Å²) in [6.07, 6.45) is 20.4. The van der Waals surface area contributed by atoms with Gasteiger partial charge in [-0.2, -0.15) is 0 Å². The predicted octanol–water partition coefficient (Wildman–Crippen LogP) is 6.33. The van der Waals surface area contributed by atoms with Crippen molar-refractivity contribution in [3.8, 4) is 0 Å². The first-order valence-electron chi connectivity index (χ1n) is 7.91. The molecule has 0 aliphatic heterocycles. The van der Waals surface area contributed by atoms with Gasteiger partial charge in [-0.25, -0.2) is 0 Å². The molecule has 0 rings (SSSR count). The second-order valence-corrected chi connectivity index (χ2v) is 5.24. The molecule has 0 fully saturated rings. The summed E-state index contributed by atoms with van der Waals surface area (Å²) < 4.78 is 0. The molecule has 0 radical (unpaired) electrons. The van der Waals surface area contributed by atoms with Crippen molar-refractivity contribution < 1.29 is 2.85 Å². The van der Waals surface area contributed by atoms with Crippen molar-refractivity contribution in [2.45, 2.75) is 104 Å². The van der Waals surface area contributed by atoms with Gasteiger partial charge in [0, 0.05) is 0 Å². The van der Waals surface area contributed by atoms with Gasteiger partial charge in [0.2, 0.25) is 0 Å². The van der Waals surface area contributed by atoms with E-state index in [1.807, 2.05) is 0 Å². The summed E-state index contributed by atoms with van der Waals surface area (Å²) in [5, 5.41) is 0. The molecule has 0 nitrogen and oxygen atoms in total. The summed E-state index contributed by atoms with van der Waals surface area (Å²) in [6, 6.07) is 0. The van der Waals surface area contributed by atoms with Crippen LogP contribution < -0.4 is 0 Å². The number of rotatable bonds is 13. The quantitative estimate of drug-likeness (QED) is 0.264. The van der Waals surface area contributed by atoms with Crippen molar-refractivity contribution in [2.24, 2.45) is 0 Å². The minimum absolute atomic E-state index is 0. The number of hydrogen-bond acceptors (Lipinski definition) is 0. The van der Waals surface area contributed by atoms with Gasteiger partial charge >= 0.3 is 48.9 Å². The van der Waals surface area contributed by atoms with Crippen molar-refractivity contribution in [1.82, 2.24) is 0 Å². The fourth-order valence-electron chi connectivity index (χ4n) is 2.27. The van der Waals surface area contributed by atoms with Gasteiger partial charge in [-0.3, -0.25) is 0 Å². The normalized spacial score (nSPS) is 10.2. The van der Waals surface area contributed by atoms with Crippen LogP contribution in [-0.4, -0.2) is 48.9 Å². The van der Waals surface area contributed by atoms with E-state index in [2.05, 4.69) is 13.8 Å². The van der Waals surface area contributed by atoms with Crippen LogP contribution >= 0.6 is 0 Å². The van der Waals surface area contributed by atoms with Gasteiger partial charge < -0.3 is 2.85 Å². The topological polar surface area (TPSA) is 0 Å². The van der Waals surface area contributed by atoms with Crippen molar-refractivity contribution in [3.05, 3.63) is 0 Å². The van der Waals surface area contributed by atoms with Crippen LogP contribution in [0.3, 0.4) is 0 Å². The first kappa shape index (κ1) is 20.9. The van der Waals surface area contributed by atoms with Crippen LogP contribution in [0.5, 0.6) is 0 Å². The van der Waals surface area contributed by atoms with Crippen LogP contribution in [0.25, 0.3) is 0 Å². The molecule has 0 unspecified atom stereocenters. The predicted molar refractivity (Wildman–Crippen MR) is 84.0 cm³/mol. The van der Waals surface area contributed by atoms with Gasteiger partial charge in [-0.15, -0.1) is 0 Å². The van der Waals surface area contributed by atoms with E-state index in [0.717, 1.165) is 0 Å². The molecule has 0 aromatic rings. The zero-order valence-electron chi connectivity index (χ0n) is 14.6. The molecule has 0 atom stereocenters. The van der Waals surface area contributed by atoms with E-state index in [9.17, 15) is 0 Å². The minimum Gasteiger partial charge on any atom is -1.00 e. The van der Waals surface area contributed by atoms with Gasteiger partial charge in [0.05, 0.1) is 0 Å². The number of hydrogen-bond donors (Lipinski definition) is 0. The monoisotopic (exact) mass is 366 g/mol. The molecule has 0 saturated carbocycles. The van der Waals surface area contributed by atoms with Crippen LogP contribution in [0.1, 0.15) is 107 Å². The van der Waals surface area contributed by atoms with Crippen LogP contribution in [-0.2, 0) is 0 Å². The standard InChI is InChI=1S/C16H34.Ba.2H/c1-3-5-7-9-11-13-15-16-14-12-10-8-6-4-2;;;/h3-16H2,1-2H3;;;/q;+2;2*-1. The second kappa shape index (κ2) is 19.9. The molecule has 0 N–H and O–H groups in total. The van der Waals surface area contributed by atoms with Crippen LogP contribution in [0.15, 0.2) is 0 Å². The molecule has 0 aliphatic rings. The zero-order valence-corrected chi connectivity index (χ0v) is 17.0. The zero-order chi connectivity index (χ0) is 11.9. The van der Waals surface area contributed by atoms with Gasteiger partial charge in [-0.1, -0.05) is 104 Å². The SMILES string of the molecule is CCCCCCCCCCCCCCCC.[Ba+2].[H-].[H-]. The Morgan fingerprint density at radius 2 is 0.588 bits per heavy atom. The van der Waals surface area contributed by atoms with E-state index in [1.54, 1.807) is 0 Å². The molecule has 0 heterocycles. The molecular weight excluding hydrogens is 330 g/mol. The molecule has 0 aromatic heterocycles. The minimum atomic E-state index is 0. The molecule has 0 amide bonds. The van der Waals surface area contributed by atoms with E-state index in [1.165, 1.54) is 89.9 Å². The molecule has 0 saturated heterocycles. The first-order valence-corrected chi connectivity index (χ1v) is 7.91. The van der Waals surface area contributed by atoms with E-state index < -0.39 is 0 Å². The molecule has 0 spiro atoms. The average Bonchev–Trinajstić information content (AvgIpc) is 2.31. The van der Waals surface area contributed by atoms with Crippen molar-refractivity contribution >= 4 is 48.9 Å². The van der Waals surface area contributed by atoms with Crippen molar-refractivity contribution in [2.75, 3.05) is 0 Å². The smallest absolute Gasteiger partial charge is 1.00 e. The molecule has 1 heteroatoms. The molecule has 17 heavy (non-hydrogen) atoms. The van der Waals surface area contributed by atoms with E-state index >= 15 is 0 Å². The molecule has 0 aromatic carbocycles. The van der Waals surface area contributed by atoms with Crippen molar-refractivity contribution in [3.63, 3.8) is 0 Å². The van der Waals surface area contributed by atoms with Gasteiger partial charge in [0.25, 0.3) is 0 Å². The third-order valence-electron chi connectivity index (χ3n) is 3.46. The third-order valence-corrected chi connectivity index (χ3v) is 3.46. The maximum atomic E-state index is 2.29. The van der Waals surface area contributed by atoms with Gasteiger partial charge in [0.1, 0.15) is 0 Å². The fraction of sp³-hybridized carbons (Fsp3) is 1.00. The molecule has 102 valence electrons. The van der Waals surface area contributed by atoms with Gasteiger partial charge in [-0.05, 0) is 0 Å². The fourth-order valence-corrected chi connectivity index (χ4v) is 2.27. The van der Waals surface area contributed by atoms with E-state index in [0.29, 0.717) is 0 Å². The molecule has 0 bridgehead atoms. The average molecular weight is 366 g/mol. The Morgan fingerprint density at radius 1 is 0.412 bits per heavy atom. The third kappa shape index (κ3) is 20.1. The Labute approximate surface area is 154 Å². The van der Waals surface area contributed by atoms with Crippen LogP contribution in [0, 0.1) is 0 Å². The first-order chi connectivity index (χ1) is 7.91. The van der Waals surface area contributed by atoms with Crippen LogP contribution in [0.2, 0.25) is 0 Å². The summed E-state index contributed by atoms with van der Waals surface area (Å²) >= 11 is 0. The number of unbranched alkanes of at least 4 members (excludes halogenated alkanes) is 13. The van der Waals surface area contributed by atoms with E-state index in [4.69, 9.17) is 0 Å². The largest absolute Gasteiger partial charge is 2.00 e. The molecular formula is C16H36Ba. The maximum absolute atomic E-state index is 2.29. The summed E-state index contributed by atoms with van der Waals surface area (Å²) in [5.41, 5.74) is 0. The Bertz CT molecular complexity index is 107. The van der Waals surface area contributed by atoms with Gasteiger partial charge in [0.15, 0.2) is 0 Å². The Balaban J connectivity index is -0.000000375. The Kier molecular flexibility index (Phi) is 24.4. The van der Waals surface area contributed by atoms with Crippen molar-refractivity contribution in [1.29, 1.82) is 0 Å². The maximum Gasteiger partial charge on any atom is 2.00 e. The van der Waals surface area contributed by atoms with E-state index in [-0.39, 0.29) is 51.7 Å². The molecule has 0 aliphatic carbocycles.